The minimum atomic E-state index is -1.71. The van der Waals surface area contributed by atoms with Crippen LogP contribution in [0.2, 0.25) is 0 Å². The Labute approximate surface area is 380 Å². The number of nitrogens with zero attached hydrogens (tertiary/aromatic N) is 2. The van der Waals surface area contributed by atoms with Crippen LogP contribution >= 0.6 is 17.1 Å². The minimum Gasteiger partial charge on any atom is -0.422 e. The third-order valence-electron chi connectivity index (χ3n) is 12.4. The molecule has 6 nitrogen and oxygen atoms in total. The van der Waals surface area contributed by atoms with E-state index >= 15 is 0 Å². The molecule has 0 saturated heterocycles. The van der Waals surface area contributed by atoms with Crippen LogP contribution in [0.25, 0.3) is 32.7 Å². The molecule has 0 saturated carbocycles. The number of benzene rings is 8. The molecule has 2 aliphatic rings. The van der Waals surface area contributed by atoms with E-state index in [4.69, 9.17) is 18.1 Å². The van der Waals surface area contributed by atoms with Gasteiger partial charge in [-0.2, -0.15) is 0 Å². The van der Waals surface area contributed by atoms with Gasteiger partial charge in [-0.05, 0) is 130 Å². The van der Waals surface area contributed by atoms with E-state index < -0.39 is 17.1 Å². The summed E-state index contributed by atoms with van der Waals surface area (Å²) in [4.78, 5) is 0. The summed E-state index contributed by atoms with van der Waals surface area (Å²) in [5, 5.41) is 4.34. The normalized spacial score (nSPS) is 14.2. The highest BCUT2D eigenvalue weighted by Gasteiger charge is 2.36. The lowest BCUT2D eigenvalue weighted by atomic mass is 9.92. The maximum absolute atomic E-state index is 7.51. The van der Waals surface area contributed by atoms with E-state index in [9.17, 15) is 0 Å². The SMILES string of the molecule is Cc1ccc(C(C)C)c(OP(Oc2ccc3ccccc3c2-c2c(OP(Oc3cc(C)ccc3C(C)C)N3CCc4ccccc43)ccc3ccccc23)N2CCc3ccccc32)c1. The van der Waals surface area contributed by atoms with Gasteiger partial charge >= 0.3 is 17.1 Å². The van der Waals surface area contributed by atoms with Crippen molar-refractivity contribution >= 4 is 50.0 Å². The van der Waals surface area contributed by atoms with Gasteiger partial charge in [-0.1, -0.05) is 149 Å². The van der Waals surface area contributed by atoms with E-state index in [0.717, 1.165) is 115 Å². The molecule has 0 aliphatic carbocycles. The molecule has 2 atom stereocenters. The number of hydrogen-bond donors (Lipinski definition) is 0. The molecule has 8 aromatic rings. The van der Waals surface area contributed by atoms with Crippen LogP contribution in [0, 0.1) is 13.8 Å². The standard InChI is InChI=1S/C56H54N2O4P2/c1-37(2)45-27-23-39(5)35-53(45)61-63(57-33-31-43-17-9-13-21-49(43)57)59-51-29-25-41-15-7-11-19-47(41)55(51)56-48-20-12-8-16-42(48)26-30-52(56)60-64(58-34-32-44-18-10-14-22-50(44)58)62-54-36-40(6)24-28-46(54)38(3)4/h7-30,35-38H,31-34H2,1-6H3. The number of rotatable bonds is 13. The smallest absolute Gasteiger partial charge is 0.417 e. The van der Waals surface area contributed by atoms with Gasteiger partial charge in [-0.3, -0.25) is 9.34 Å². The first-order chi connectivity index (χ1) is 31.2. The van der Waals surface area contributed by atoms with Gasteiger partial charge in [-0.25, -0.2) is 0 Å². The molecule has 0 radical (unpaired) electrons. The molecule has 0 spiro atoms. The summed E-state index contributed by atoms with van der Waals surface area (Å²) in [5.74, 6) is 3.70. The second-order valence-corrected chi connectivity index (χ2v) is 20.2. The zero-order chi connectivity index (χ0) is 43.9. The van der Waals surface area contributed by atoms with Crippen molar-refractivity contribution in [3.05, 3.63) is 191 Å². The molecule has 10 rings (SSSR count). The molecule has 2 unspecified atom stereocenters. The zero-order valence-electron chi connectivity index (χ0n) is 37.4. The number of hydrogen-bond acceptors (Lipinski definition) is 6. The van der Waals surface area contributed by atoms with Crippen LogP contribution in [0.15, 0.2) is 158 Å². The number of fused-ring (bicyclic) bond motifs is 4. The molecule has 2 aliphatic heterocycles. The molecule has 8 aromatic carbocycles. The van der Waals surface area contributed by atoms with Crippen molar-refractivity contribution in [1.29, 1.82) is 0 Å². The summed E-state index contributed by atoms with van der Waals surface area (Å²) < 4.78 is 34.2. The molecule has 0 bridgehead atoms. The Bertz CT molecular complexity index is 2800. The Morgan fingerprint density at radius 1 is 0.422 bits per heavy atom. The third kappa shape index (κ3) is 8.15. The Morgan fingerprint density at radius 3 is 1.25 bits per heavy atom. The average molecular weight is 881 g/mol. The molecule has 0 aromatic heterocycles. The molecule has 0 N–H and O–H groups in total. The molecule has 8 heteroatoms. The van der Waals surface area contributed by atoms with E-state index in [1.54, 1.807) is 0 Å². The van der Waals surface area contributed by atoms with Gasteiger partial charge in [0.25, 0.3) is 0 Å². The van der Waals surface area contributed by atoms with Gasteiger partial charge in [-0.15, -0.1) is 0 Å². The number of anilines is 2. The van der Waals surface area contributed by atoms with Crippen molar-refractivity contribution in [1.82, 2.24) is 0 Å². The molecular formula is C56H54N2O4P2. The summed E-state index contributed by atoms with van der Waals surface area (Å²) in [6.45, 7) is 14.7. The van der Waals surface area contributed by atoms with Crippen LogP contribution in [-0.2, 0) is 12.8 Å². The lowest BCUT2D eigenvalue weighted by Gasteiger charge is -2.31. The molecule has 0 fully saturated rings. The highest BCUT2D eigenvalue weighted by atomic mass is 31.2. The highest BCUT2D eigenvalue weighted by Crippen LogP contribution is 2.57. The maximum Gasteiger partial charge on any atom is 0.417 e. The summed E-state index contributed by atoms with van der Waals surface area (Å²) in [7, 11) is -3.41. The van der Waals surface area contributed by atoms with Gasteiger partial charge < -0.3 is 18.1 Å². The summed E-state index contributed by atoms with van der Waals surface area (Å²) in [6.07, 6.45) is 1.84. The molecule has 0 amide bonds. The Hall–Kier alpha value is -6.06. The van der Waals surface area contributed by atoms with Crippen molar-refractivity contribution in [3.63, 3.8) is 0 Å². The van der Waals surface area contributed by atoms with Crippen LogP contribution in [0.3, 0.4) is 0 Å². The fraction of sp³-hybridized carbons (Fsp3) is 0.214. The van der Waals surface area contributed by atoms with Crippen LogP contribution < -0.4 is 27.4 Å². The van der Waals surface area contributed by atoms with E-state index in [1.165, 1.54) is 11.1 Å². The van der Waals surface area contributed by atoms with Gasteiger partial charge in [0.15, 0.2) is 0 Å². The second-order valence-electron chi connectivity index (χ2n) is 17.6. The first kappa shape index (κ1) is 41.9. The van der Waals surface area contributed by atoms with Crippen molar-refractivity contribution in [3.8, 4) is 34.1 Å². The van der Waals surface area contributed by atoms with Crippen LogP contribution in [0.5, 0.6) is 23.0 Å². The highest BCUT2D eigenvalue weighted by molar-refractivity contribution is 7.50. The first-order valence-electron chi connectivity index (χ1n) is 22.5. The van der Waals surface area contributed by atoms with Gasteiger partial charge in [0, 0.05) is 35.6 Å². The Balaban J connectivity index is 1.16. The molecular weight excluding hydrogens is 827 g/mol. The fourth-order valence-electron chi connectivity index (χ4n) is 9.12. The third-order valence-corrected chi connectivity index (χ3v) is 15.5. The van der Waals surface area contributed by atoms with Crippen LogP contribution in [0.1, 0.15) is 72.9 Å². The number of aryl methyl sites for hydroxylation is 2. The Morgan fingerprint density at radius 2 is 0.812 bits per heavy atom. The summed E-state index contributed by atoms with van der Waals surface area (Å²) in [6, 6.07) is 56.1. The summed E-state index contributed by atoms with van der Waals surface area (Å²) >= 11 is 0. The molecule has 322 valence electrons. The largest absolute Gasteiger partial charge is 0.422 e. The van der Waals surface area contributed by atoms with Crippen LogP contribution in [0.4, 0.5) is 11.4 Å². The zero-order valence-corrected chi connectivity index (χ0v) is 39.2. The summed E-state index contributed by atoms with van der Waals surface area (Å²) in [5.41, 5.74) is 11.4. The average Bonchev–Trinajstić information content (AvgIpc) is 3.94. The minimum absolute atomic E-state index is 0.265. The predicted octanol–water partition coefficient (Wildman–Crippen LogP) is 16.0. The Kier molecular flexibility index (Phi) is 11.7. The quantitative estimate of drug-likeness (QED) is 0.108. The van der Waals surface area contributed by atoms with Crippen molar-refractivity contribution < 1.29 is 18.1 Å². The second kappa shape index (κ2) is 17.8. The number of para-hydroxylation sites is 2. The van der Waals surface area contributed by atoms with Crippen molar-refractivity contribution in [2.45, 2.75) is 66.2 Å². The monoisotopic (exact) mass is 880 g/mol. The van der Waals surface area contributed by atoms with Gasteiger partial charge in [0.2, 0.25) is 0 Å². The van der Waals surface area contributed by atoms with Crippen molar-refractivity contribution in [2.75, 3.05) is 22.4 Å². The van der Waals surface area contributed by atoms with Gasteiger partial charge in [0.1, 0.15) is 23.0 Å². The molecule has 64 heavy (non-hydrogen) atoms. The van der Waals surface area contributed by atoms with E-state index in [0.29, 0.717) is 0 Å². The molecule has 2 heterocycles. The van der Waals surface area contributed by atoms with Crippen molar-refractivity contribution in [2.24, 2.45) is 0 Å². The van der Waals surface area contributed by atoms with E-state index in [-0.39, 0.29) is 11.8 Å². The fourth-order valence-corrected chi connectivity index (χ4v) is 12.1. The van der Waals surface area contributed by atoms with Crippen LogP contribution in [-0.4, -0.2) is 13.1 Å². The van der Waals surface area contributed by atoms with Gasteiger partial charge in [0.05, 0.1) is 0 Å². The first-order valence-corrected chi connectivity index (χ1v) is 24.7. The predicted molar refractivity (Wildman–Crippen MR) is 269 cm³/mol. The lowest BCUT2D eigenvalue weighted by molar-refractivity contribution is 0.477. The van der Waals surface area contributed by atoms with E-state index in [1.807, 2.05) is 0 Å². The topological polar surface area (TPSA) is 43.4 Å². The van der Waals surface area contributed by atoms with E-state index in [2.05, 4.69) is 209 Å². The lowest BCUT2D eigenvalue weighted by Crippen LogP contribution is -2.21. The maximum atomic E-state index is 7.51.